The second kappa shape index (κ2) is 6.80. The highest BCUT2D eigenvalue weighted by molar-refractivity contribution is 9.10. The van der Waals surface area contributed by atoms with Crippen LogP contribution in [0.25, 0.3) is 0 Å². The predicted octanol–water partition coefficient (Wildman–Crippen LogP) is 2.60. The monoisotopic (exact) mass is 363 g/mol. The summed E-state index contributed by atoms with van der Waals surface area (Å²) in [6, 6.07) is 4.55. The second-order valence-electron chi connectivity index (χ2n) is 3.55. The van der Waals surface area contributed by atoms with Crippen molar-refractivity contribution in [3.8, 4) is 5.75 Å². The molecule has 9 heteroatoms. The summed E-state index contributed by atoms with van der Waals surface area (Å²) < 4.78 is 29.6. The molecule has 0 unspecified atom stereocenters. The van der Waals surface area contributed by atoms with Gasteiger partial charge in [-0.1, -0.05) is 27.7 Å². The van der Waals surface area contributed by atoms with Crippen molar-refractivity contribution in [2.75, 3.05) is 5.75 Å². The fourth-order valence-corrected chi connectivity index (χ4v) is 2.36. The van der Waals surface area contributed by atoms with E-state index in [2.05, 4.69) is 36.2 Å². The molecule has 1 aliphatic heterocycles. The van der Waals surface area contributed by atoms with Gasteiger partial charge in [0.25, 0.3) is 0 Å². The van der Waals surface area contributed by atoms with Crippen molar-refractivity contribution in [2.24, 2.45) is 10.2 Å². The van der Waals surface area contributed by atoms with Gasteiger partial charge in [0, 0.05) is 10.0 Å². The number of nitrogens with zero attached hydrogens (tertiary/aromatic N) is 2. The fraction of sp³-hybridized carbons (Fsp3) is 0.182. The van der Waals surface area contributed by atoms with Crippen molar-refractivity contribution in [2.45, 2.75) is 6.61 Å². The number of nitrogens with one attached hydrogen (secondary N) is 1. The molecule has 0 atom stereocenters. The van der Waals surface area contributed by atoms with Gasteiger partial charge in [-0.25, -0.2) is 0 Å². The average Bonchev–Trinajstić information content (AvgIpc) is 2.78. The molecule has 0 saturated carbocycles. The third-order valence-electron chi connectivity index (χ3n) is 2.12. The van der Waals surface area contributed by atoms with Crippen molar-refractivity contribution in [3.63, 3.8) is 0 Å². The normalized spacial score (nSPS) is 17.2. The summed E-state index contributed by atoms with van der Waals surface area (Å²) in [5, 5.41) is 10.4. The second-order valence-corrected chi connectivity index (χ2v) is 5.43. The number of hydrogen-bond donors (Lipinski definition) is 1. The minimum Gasteiger partial charge on any atom is -0.434 e. The van der Waals surface area contributed by atoms with Gasteiger partial charge < -0.3 is 10.1 Å². The molecule has 0 spiro atoms. The molecule has 0 aliphatic carbocycles. The van der Waals surface area contributed by atoms with Crippen LogP contribution in [0.2, 0.25) is 0 Å². The molecule has 0 radical (unpaired) electrons. The van der Waals surface area contributed by atoms with E-state index < -0.39 is 6.61 Å². The molecular weight excluding hydrogens is 356 g/mol. The Morgan fingerprint density at radius 1 is 1.50 bits per heavy atom. The zero-order valence-corrected chi connectivity index (χ0v) is 12.2. The lowest BCUT2D eigenvalue weighted by Crippen LogP contribution is -2.19. The first kappa shape index (κ1) is 14.9. The molecule has 1 N–H and O–H groups in total. The molecule has 1 aliphatic rings. The van der Waals surface area contributed by atoms with E-state index in [1.165, 1.54) is 24.0 Å². The van der Waals surface area contributed by atoms with E-state index in [-0.39, 0.29) is 11.7 Å². The maximum absolute atomic E-state index is 12.3. The Bertz CT molecular complexity index is 581. The number of ether oxygens (including phenoxy) is 1. The van der Waals surface area contributed by atoms with E-state index in [0.29, 0.717) is 21.0 Å². The van der Waals surface area contributed by atoms with Crippen LogP contribution >= 0.6 is 27.7 Å². The molecule has 1 fully saturated rings. The molecule has 1 amide bonds. The number of thioether (sulfide) groups is 1. The number of alkyl halides is 2. The summed E-state index contributed by atoms with van der Waals surface area (Å²) in [5.41, 5.74) is 0.346. The van der Waals surface area contributed by atoms with Gasteiger partial charge in [-0.15, -0.1) is 5.10 Å². The van der Waals surface area contributed by atoms with Gasteiger partial charge in [0.1, 0.15) is 5.75 Å². The number of halogens is 3. The minimum absolute atomic E-state index is 0.00439. The quantitative estimate of drug-likeness (QED) is 0.660. The minimum atomic E-state index is -2.92. The molecule has 20 heavy (non-hydrogen) atoms. The SMILES string of the molecule is O=C1CSC(=NN=Cc2cc(Br)ccc2OC(F)F)N1. The lowest BCUT2D eigenvalue weighted by atomic mass is 10.2. The first-order chi connectivity index (χ1) is 9.54. The molecule has 1 aromatic carbocycles. The zero-order chi connectivity index (χ0) is 14.5. The Labute approximate surface area is 125 Å². The lowest BCUT2D eigenvalue weighted by Gasteiger charge is -2.07. The van der Waals surface area contributed by atoms with Crippen LogP contribution in [0.5, 0.6) is 5.75 Å². The summed E-state index contributed by atoms with van der Waals surface area (Å²) in [6.07, 6.45) is 1.28. The molecule has 1 heterocycles. The first-order valence-corrected chi connectivity index (χ1v) is 7.10. The Morgan fingerprint density at radius 3 is 2.95 bits per heavy atom. The van der Waals surface area contributed by atoms with Gasteiger partial charge in [-0.2, -0.15) is 13.9 Å². The lowest BCUT2D eigenvalue weighted by molar-refractivity contribution is -0.116. The average molecular weight is 364 g/mol. The van der Waals surface area contributed by atoms with Gasteiger partial charge in [-0.3, -0.25) is 4.79 Å². The van der Waals surface area contributed by atoms with Crippen LogP contribution < -0.4 is 10.1 Å². The van der Waals surface area contributed by atoms with Crippen molar-refractivity contribution in [3.05, 3.63) is 28.2 Å². The summed E-state index contributed by atoms with van der Waals surface area (Å²) in [4.78, 5) is 10.9. The van der Waals surface area contributed by atoms with E-state index in [9.17, 15) is 13.6 Å². The van der Waals surface area contributed by atoms with Gasteiger partial charge in [0.2, 0.25) is 5.91 Å². The Morgan fingerprint density at radius 2 is 2.30 bits per heavy atom. The number of rotatable bonds is 4. The largest absolute Gasteiger partial charge is 0.434 e. The van der Waals surface area contributed by atoms with Crippen molar-refractivity contribution in [1.29, 1.82) is 0 Å². The van der Waals surface area contributed by atoms with Crippen LogP contribution in [0.15, 0.2) is 32.9 Å². The van der Waals surface area contributed by atoms with E-state index in [1.807, 2.05) is 0 Å². The zero-order valence-electron chi connectivity index (χ0n) is 9.85. The Balaban J connectivity index is 2.15. The maximum Gasteiger partial charge on any atom is 0.387 e. The summed E-state index contributed by atoms with van der Waals surface area (Å²) >= 11 is 4.45. The first-order valence-electron chi connectivity index (χ1n) is 5.32. The summed E-state index contributed by atoms with van der Waals surface area (Å²) in [6.45, 7) is -2.92. The number of benzene rings is 1. The molecule has 0 aromatic heterocycles. The van der Waals surface area contributed by atoms with Gasteiger partial charge >= 0.3 is 6.61 Å². The van der Waals surface area contributed by atoms with Crippen LogP contribution in [0.1, 0.15) is 5.56 Å². The summed E-state index contributed by atoms with van der Waals surface area (Å²) in [7, 11) is 0. The van der Waals surface area contributed by atoms with Gasteiger partial charge in [-0.05, 0) is 18.2 Å². The van der Waals surface area contributed by atoms with Crippen LogP contribution in [-0.4, -0.2) is 29.7 Å². The fourth-order valence-electron chi connectivity index (χ4n) is 1.35. The molecule has 1 aromatic rings. The number of hydrogen-bond acceptors (Lipinski definition) is 5. The molecular formula is C11H8BrF2N3O2S. The highest BCUT2D eigenvalue weighted by atomic mass is 79.9. The van der Waals surface area contributed by atoms with Gasteiger partial charge in [0.15, 0.2) is 5.17 Å². The standard InChI is InChI=1S/C11H8BrF2N3O2S/c12-7-1-2-8(19-10(13)14)6(3-7)4-15-17-11-16-9(18)5-20-11/h1-4,10H,5H2,(H,16,17,18). The van der Waals surface area contributed by atoms with E-state index in [1.54, 1.807) is 12.1 Å². The van der Waals surface area contributed by atoms with E-state index in [4.69, 9.17) is 0 Å². The van der Waals surface area contributed by atoms with Crippen LogP contribution in [0.4, 0.5) is 8.78 Å². The van der Waals surface area contributed by atoms with Gasteiger partial charge in [0.05, 0.1) is 12.0 Å². The van der Waals surface area contributed by atoms with Crippen molar-refractivity contribution in [1.82, 2.24) is 5.32 Å². The Hall–Kier alpha value is -1.48. The predicted molar refractivity (Wildman–Crippen MR) is 76.4 cm³/mol. The van der Waals surface area contributed by atoms with Crippen molar-refractivity contribution < 1.29 is 18.3 Å². The van der Waals surface area contributed by atoms with E-state index >= 15 is 0 Å². The number of carbonyl (C=O) groups excluding carboxylic acids is 1. The molecule has 5 nitrogen and oxygen atoms in total. The van der Waals surface area contributed by atoms with E-state index in [0.717, 1.165) is 0 Å². The maximum atomic E-state index is 12.3. The topological polar surface area (TPSA) is 63.0 Å². The van der Waals surface area contributed by atoms with Crippen LogP contribution in [0.3, 0.4) is 0 Å². The molecule has 106 valence electrons. The number of carbonyl (C=O) groups is 1. The Kier molecular flexibility index (Phi) is 5.07. The third kappa shape index (κ3) is 4.27. The molecule has 1 saturated heterocycles. The highest BCUT2D eigenvalue weighted by Gasteiger charge is 2.16. The van der Waals surface area contributed by atoms with Crippen LogP contribution in [0, 0.1) is 0 Å². The molecule has 2 rings (SSSR count). The number of amidine groups is 1. The van der Waals surface area contributed by atoms with Crippen molar-refractivity contribution >= 4 is 45.0 Å². The smallest absolute Gasteiger partial charge is 0.387 e. The summed E-state index contributed by atoms with van der Waals surface area (Å²) in [5.74, 6) is 0.147. The number of amides is 1. The highest BCUT2D eigenvalue weighted by Crippen LogP contribution is 2.23. The van der Waals surface area contributed by atoms with Crippen LogP contribution in [-0.2, 0) is 4.79 Å². The third-order valence-corrected chi connectivity index (χ3v) is 3.48. The molecule has 0 bridgehead atoms.